The molecule has 7 atom stereocenters. The number of ketones is 2. The van der Waals surface area contributed by atoms with E-state index in [-0.39, 0.29) is 17.1 Å². The fourth-order valence-corrected chi connectivity index (χ4v) is 7.36. The summed E-state index contributed by atoms with van der Waals surface area (Å²) in [6.07, 6.45) is 5.80. The highest BCUT2D eigenvalue weighted by molar-refractivity contribution is 5.92. The van der Waals surface area contributed by atoms with Crippen molar-refractivity contribution >= 4 is 17.5 Å². The van der Waals surface area contributed by atoms with E-state index < -0.39 is 35.5 Å². The molecule has 3 fully saturated rings. The molecular weight excluding hydrogens is 372 g/mol. The minimum atomic E-state index is -1.89. The highest BCUT2D eigenvalue weighted by Crippen LogP contribution is 2.67. The van der Waals surface area contributed by atoms with Crippen LogP contribution in [0.25, 0.3) is 0 Å². The summed E-state index contributed by atoms with van der Waals surface area (Å²) in [5, 5.41) is 22.3. The molecule has 0 amide bonds. The summed E-state index contributed by atoms with van der Waals surface area (Å²) in [6, 6.07) is 0. The molecule has 0 bridgehead atoms. The molecule has 3 saturated carbocycles. The van der Waals surface area contributed by atoms with Crippen molar-refractivity contribution in [1.29, 1.82) is 0 Å². The van der Waals surface area contributed by atoms with E-state index in [1.54, 1.807) is 0 Å². The topological polar surface area (TPSA) is 101 Å². The lowest BCUT2D eigenvalue weighted by Crippen LogP contribution is -2.61. The molecule has 4 rings (SSSR count). The second-order valence-electron chi connectivity index (χ2n) is 10.1. The van der Waals surface area contributed by atoms with Crippen molar-refractivity contribution in [2.45, 2.75) is 77.4 Å². The van der Waals surface area contributed by atoms with Crippen LogP contribution in [0.3, 0.4) is 0 Å². The summed E-state index contributed by atoms with van der Waals surface area (Å²) >= 11 is 0. The molecule has 0 heterocycles. The fourth-order valence-electron chi connectivity index (χ4n) is 7.36. The Morgan fingerprint density at radius 1 is 1.17 bits per heavy atom. The van der Waals surface area contributed by atoms with Crippen LogP contribution in [0, 0.1) is 28.6 Å². The normalized spacial score (nSPS) is 46.2. The number of carbonyl (C=O) groups is 3. The molecule has 4 aliphatic carbocycles. The SMILES string of the molecule is CC(=O)OCC(=O)[C@@]1(O)[C@@H](O)C[C@H]2[C@@H]3CCC4=CC(=O)CC[C@]4(C)[C@H]3CC[C@@]21C. The molecule has 0 aromatic rings. The monoisotopic (exact) mass is 404 g/mol. The highest BCUT2D eigenvalue weighted by atomic mass is 16.5. The van der Waals surface area contributed by atoms with Gasteiger partial charge in [-0.3, -0.25) is 14.4 Å². The number of rotatable bonds is 3. The number of esters is 1. The summed E-state index contributed by atoms with van der Waals surface area (Å²) in [5.74, 6) is -0.237. The molecule has 4 aliphatic rings. The number of aliphatic hydroxyl groups excluding tert-OH is 1. The summed E-state index contributed by atoms with van der Waals surface area (Å²) in [7, 11) is 0. The molecule has 0 aromatic heterocycles. The van der Waals surface area contributed by atoms with E-state index in [1.165, 1.54) is 12.5 Å². The van der Waals surface area contributed by atoms with Crippen molar-refractivity contribution in [1.82, 2.24) is 0 Å². The first kappa shape index (κ1) is 20.7. The molecule has 160 valence electrons. The van der Waals surface area contributed by atoms with Gasteiger partial charge < -0.3 is 14.9 Å². The van der Waals surface area contributed by atoms with Crippen LogP contribution < -0.4 is 0 Å². The summed E-state index contributed by atoms with van der Waals surface area (Å²) in [4.78, 5) is 36.0. The van der Waals surface area contributed by atoms with Gasteiger partial charge in [-0.2, -0.15) is 0 Å². The van der Waals surface area contributed by atoms with Crippen LogP contribution in [-0.4, -0.2) is 46.1 Å². The molecule has 0 spiro atoms. The number of ether oxygens (including phenoxy) is 1. The third-order valence-electron chi connectivity index (χ3n) is 9.01. The third-order valence-corrected chi connectivity index (χ3v) is 9.01. The van der Waals surface area contributed by atoms with Gasteiger partial charge in [0.1, 0.15) is 0 Å². The molecule has 0 aromatic carbocycles. The van der Waals surface area contributed by atoms with E-state index in [0.717, 1.165) is 25.7 Å². The van der Waals surface area contributed by atoms with E-state index in [9.17, 15) is 24.6 Å². The maximum Gasteiger partial charge on any atom is 0.303 e. The van der Waals surface area contributed by atoms with Crippen molar-refractivity contribution in [3.63, 3.8) is 0 Å². The van der Waals surface area contributed by atoms with Gasteiger partial charge in [-0.25, -0.2) is 0 Å². The molecular formula is C23H32O6. The average Bonchev–Trinajstić information content (AvgIpc) is 2.88. The van der Waals surface area contributed by atoms with Crippen LogP contribution >= 0.6 is 0 Å². The standard InChI is InChI=1S/C23H32O6/c1-13(24)29-12-20(27)23(28)19(26)11-18-16-5-4-14-10-15(25)6-8-21(14,2)17(16)7-9-22(18,23)3/h10,16-19,26,28H,4-9,11-12H2,1-3H3/t16-,17+,18+,19+,21+,22+,23+/m1/s1. The zero-order valence-electron chi connectivity index (χ0n) is 17.6. The van der Waals surface area contributed by atoms with Gasteiger partial charge in [-0.1, -0.05) is 19.4 Å². The Balaban J connectivity index is 1.64. The number of allylic oxidation sites excluding steroid dienone is 1. The lowest BCUT2D eigenvalue weighted by atomic mass is 9.46. The maximum atomic E-state index is 12.9. The Kier molecular flexibility index (Phi) is 4.82. The van der Waals surface area contributed by atoms with Crippen molar-refractivity contribution in [3.8, 4) is 0 Å². The first-order valence-electron chi connectivity index (χ1n) is 10.8. The number of hydrogen-bond donors (Lipinski definition) is 2. The molecule has 0 saturated heterocycles. The van der Waals surface area contributed by atoms with Crippen molar-refractivity contribution < 1.29 is 29.3 Å². The molecule has 2 N–H and O–H groups in total. The van der Waals surface area contributed by atoms with Gasteiger partial charge in [0.15, 0.2) is 18.0 Å². The maximum absolute atomic E-state index is 12.9. The van der Waals surface area contributed by atoms with Crippen LogP contribution in [-0.2, 0) is 19.1 Å². The Bertz CT molecular complexity index is 786. The molecule has 29 heavy (non-hydrogen) atoms. The number of hydrogen-bond acceptors (Lipinski definition) is 6. The van der Waals surface area contributed by atoms with Gasteiger partial charge in [-0.05, 0) is 67.8 Å². The van der Waals surface area contributed by atoms with E-state index in [2.05, 4.69) is 6.92 Å². The van der Waals surface area contributed by atoms with Crippen LogP contribution in [0.4, 0.5) is 0 Å². The fraction of sp³-hybridized carbons (Fsp3) is 0.783. The van der Waals surface area contributed by atoms with Gasteiger partial charge >= 0.3 is 5.97 Å². The summed E-state index contributed by atoms with van der Waals surface area (Å²) in [5.41, 5.74) is -1.38. The number of aliphatic hydroxyl groups is 2. The zero-order chi connectivity index (χ0) is 21.2. The first-order chi connectivity index (χ1) is 13.5. The van der Waals surface area contributed by atoms with Gasteiger partial charge in [0.05, 0.1) is 6.10 Å². The molecule has 6 heteroatoms. The largest absolute Gasteiger partial charge is 0.458 e. The Morgan fingerprint density at radius 2 is 1.90 bits per heavy atom. The first-order valence-corrected chi connectivity index (χ1v) is 10.8. The number of carbonyl (C=O) groups excluding carboxylic acids is 3. The number of Topliss-reactive ketones (excluding diaryl/α,β-unsaturated/α-hetero) is 1. The second kappa shape index (κ2) is 6.74. The van der Waals surface area contributed by atoms with E-state index in [4.69, 9.17) is 4.74 Å². The molecule has 6 nitrogen and oxygen atoms in total. The predicted octanol–water partition coefficient (Wildman–Crippen LogP) is 2.35. The van der Waals surface area contributed by atoms with Crippen LogP contribution in [0.2, 0.25) is 0 Å². The molecule has 0 aliphatic heterocycles. The molecule has 0 unspecified atom stereocenters. The van der Waals surface area contributed by atoms with Gasteiger partial charge in [-0.15, -0.1) is 0 Å². The Hall–Kier alpha value is -1.53. The zero-order valence-corrected chi connectivity index (χ0v) is 17.6. The van der Waals surface area contributed by atoms with Crippen molar-refractivity contribution in [2.75, 3.05) is 6.61 Å². The van der Waals surface area contributed by atoms with E-state index in [1.807, 2.05) is 13.0 Å². The Morgan fingerprint density at radius 3 is 2.59 bits per heavy atom. The van der Waals surface area contributed by atoms with Crippen molar-refractivity contribution in [3.05, 3.63) is 11.6 Å². The third kappa shape index (κ3) is 2.78. The average molecular weight is 405 g/mol. The van der Waals surface area contributed by atoms with Gasteiger partial charge in [0, 0.05) is 18.8 Å². The van der Waals surface area contributed by atoms with E-state index in [0.29, 0.717) is 31.1 Å². The van der Waals surface area contributed by atoms with Crippen LogP contribution in [0.1, 0.15) is 65.7 Å². The smallest absolute Gasteiger partial charge is 0.303 e. The lowest BCUT2D eigenvalue weighted by Gasteiger charge is -2.58. The quantitative estimate of drug-likeness (QED) is 0.701. The number of fused-ring (bicyclic) bond motifs is 5. The minimum Gasteiger partial charge on any atom is -0.458 e. The highest BCUT2D eigenvalue weighted by Gasteiger charge is 2.69. The van der Waals surface area contributed by atoms with Crippen LogP contribution in [0.5, 0.6) is 0 Å². The van der Waals surface area contributed by atoms with Crippen LogP contribution in [0.15, 0.2) is 11.6 Å². The summed E-state index contributed by atoms with van der Waals surface area (Å²) < 4.78 is 4.86. The lowest BCUT2D eigenvalue weighted by molar-refractivity contribution is -0.181. The second-order valence-corrected chi connectivity index (χ2v) is 10.1. The van der Waals surface area contributed by atoms with E-state index >= 15 is 0 Å². The van der Waals surface area contributed by atoms with Gasteiger partial charge in [0.25, 0.3) is 0 Å². The van der Waals surface area contributed by atoms with Crippen molar-refractivity contribution in [2.24, 2.45) is 28.6 Å². The molecule has 0 radical (unpaired) electrons. The predicted molar refractivity (Wildman–Crippen MR) is 105 cm³/mol. The Labute approximate surface area is 171 Å². The minimum absolute atomic E-state index is 0.00837. The van der Waals surface area contributed by atoms with Gasteiger partial charge in [0.2, 0.25) is 5.78 Å². The summed E-state index contributed by atoms with van der Waals surface area (Å²) in [6.45, 7) is 4.91.